The fourth-order valence-corrected chi connectivity index (χ4v) is 3.28. The second-order valence-corrected chi connectivity index (χ2v) is 7.73. The molecule has 5 nitrogen and oxygen atoms in total. The topological polar surface area (TPSA) is 69.7 Å². The molecular weight excluding hydrogens is 380 g/mol. The molecule has 168 valence electrons. The van der Waals surface area contributed by atoms with Gasteiger partial charge < -0.3 is 9.47 Å². The lowest BCUT2D eigenvalue weighted by atomic mass is 10.0. The Labute approximate surface area is 181 Å². The molecule has 0 aliphatic rings. The molecule has 0 bridgehead atoms. The van der Waals surface area contributed by atoms with Crippen LogP contribution in [0.25, 0.3) is 0 Å². The van der Waals surface area contributed by atoms with Crippen LogP contribution in [0.1, 0.15) is 90.0 Å². The number of aryl methyl sites for hydroxylation is 1. The van der Waals surface area contributed by atoms with Crippen LogP contribution in [0.3, 0.4) is 0 Å². The highest BCUT2D eigenvalue weighted by Crippen LogP contribution is 2.18. The number of ketones is 2. The minimum absolute atomic E-state index is 0.212. The number of carbonyl (C=O) groups is 3. The van der Waals surface area contributed by atoms with Gasteiger partial charge in [0.25, 0.3) is 0 Å². The van der Waals surface area contributed by atoms with Crippen molar-refractivity contribution in [1.29, 1.82) is 0 Å². The number of carbonyl (C=O) groups excluding carboxylic acids is 3. The van der Waals surface area contributed by atoms with E-state index >= 15 is 0 Å². The molecule has 0 saturated carbocycles. The van der Waals surface area contributed by atoms with E-state index in [2.05, 4.69) is 11.7 Å². The zero-order valence-corrected chi connectivity index (χ0v) is 18.9. The Kier molecular flexibility index (Phi) is 13.5. The van der Waals surface area contributed by atoms with Crippen LogP contribution < -0.4 is 4.74 Å². The molecule has 0 amide bonds. The van der Waals surface area contributed by atoms with Crippen molar-refractivity contribution in [1.82, 2.24) is 0 Å². The summed E-state index contributed by atoms with van der Waals surface area (Å²) in [5, 5.41) is 0. The SMILES string of the molecule is CCCCCCCCc1ccc(OC(C(=O)CC)C(=O)CCCCC(=O)OC)cc1. The highest BCUT2D eigenvalue weighted by molar-refractivity contribution is 6.05. The highest BCUT2D eigenvalue weighted by atomic mass is 16.5. The van der Waals surface area contributed by atoms with Crippen molar-refractivity contribution in [3.63, 3.8) is 0 Å². The van der Waals surface area contributed by atoms with Crippen molar-refractivity contribution in [2.24, 2.45) is 0 Å². The Morgan fingerprint density at radius 3 is 2.07 bits per heavy atom. The fourth-order valence-electron chi connectivity index (χ4n) is 3.28. The summed E-state index contributed by atoms with van der Waals surface area (Å²) >= 11 is 0. The molecule has 5 heteroatoms. The summed E-state index contributed by atoms with van der Waals surface area (Å²) in [5.41, 5.74) is 1.24. The molecule has 0 aromatic heterocycles. The number of Topliss-reactive ketones (excluding diaryl/α,β-unsaturated/α-hetero) is 2. The predicted molar refractivity (Wildman–Crippen MR) is 119 cm³/mol. The van der Waals surface area contributed by atoms with Gasteiger partial charge in [-0.2, -0.15) is 0 Å². The second-order valence-electron chi connectivity index (χ2n) is 7.73. The minimum Gasteiger partial charge on any atom is -0.475 e. The van der Waals surface area contributed by atoms with Gasteiger partial charge in [-0.25, -0.2) is 0 Å². The van der Waals surface area contributed by atoms with Gasteiger partial charge in [-0.1, -0.05) is 58.1 Å². The van der Waals surface area contributed by atoms with Crippen molar-refractivity contribution < 1.29 is 23.9 Å². The van der Waals surface area contributed by atoms with Crippen LogP contribution >= 0.6 is 0 Å². The number of benzene rings is 1. The molecular formula is C25H38O5. The molecule has 0 aliphatic heterocycles. The number of hydrogen-bond acceptors (Lipinski definition) is 5. The maximum atomic E-state index is 12.5. The van der Waals surface area contributed by atoms with E-state index in [9.17, 15) is 14.4 Å². The molecule has 30 heavy (non-hydrogen) atoms. The first-order chi connectivity index (χ1) is 14.5. The van der Waals surface area contributed by atoms with E-state index < -0.39 is 6.10 Å². The number of methoxy groups -OCH3 is 1. The molecule has 0 heterocycles. The van der Waals surface area contributed by atoms with Crippen LogP contribution in [-0.4, -0.2) is 30.7 Å². The average Bonchev–Trinajstić information content (AvgIpc) is 2.77. The largest absolute Gasteiger partial charge is 0.475 e. The zero-order valence-electron chi connectivity index (χ0n) is 18.9. The first-order valence-corrected chi connectivity index (χ1v) is 11.4. The summed E-state index contributed by atoms with van der Waals surface area (Å²) in [6, 6.07) is 7.70. The molecule has 1 aromatic carbocycles. The van der Waals surface area contributed by atoms with Gasteiger partial charge in [0.2, 0.25) is 6.10 Å². The van der Waals surface area contributed by atoms with Crippen molar-refractivity contribution in [2.75, 3.05) is 7.11 Å². The third-order valence-corrected chi connectivity index (χ3v) is 5.21. The standard InChI is InChI=1S/C25H38O5/c1-4-6-7-8-9-10-13-20-16-18-21(19-17-20)30-25(22(26)5-2)23(27)14-11-12-15-24(28)29-3/h16-19,25H,4-15H2,1-3H3. The fraction of sp³-hybridized carbons (Fsp3) is 0.640. The molecule has 0 fully saturated rings. The molecule has 0 spiro atoms. The van der Waals surface area contributed by atoms with E-state index in [4.69, 9.17) is 4.74 Å². The van der Waals surface area contributed by atoms with Crippen LogP contribution in [0.2, 0.25) is 0 Å². The van der Waals surface area contributed by atoms with Crippen molar-refractivity contribution in [3.05, 3.63) is 29.8 Å². The Morgan fingerprint density at radius 1 is 0.800 bits per heavy atom. The van der Waals surface area contributed by atoms with Gasteiger partial charge in [-0.15, -0.1) is 0 Å². The van der Waals surface area contributed by atoms with Crippen molar-refractivity contribution in [2.45, 2.75) is 97.0 Å². The number of esters is 1. The minimum atomic E-state index is -1.07. The first-order valence-electron chi connectivity index (χ1n) is 11.4. The zero-order chi connectivity index (χ0) is 22.2. The van der Waals surface area contributed by atoms with Crippen LogP contribution in [0.5, 0.6) is 5.75 Å². The molecule has 0 radical (unpaired) electrons. The van der Waals surface area contributed by atoms with Gasteiger partial charge in [-0.05, 0) is 43.4 Å². The Balaban J connectivity index is 2.50. The summed E-state index contributed by atoms with van der Waals surface area (Å²) in [6.45, 7) is 3.95. The van der Waals surface area contributed by atoms with Crippen molar-refractivity contribution >= 4 is 17.5 Å². The van der Waals surface area contributed by atoms with E-state index in [0.29, 0.717) is 18.6 Å². The van der Waals surface area contributed by atoms with E-state index in [1.807, 2.05) is 24.3 Å². The maximum absolute atomic E-state index is 12.5. The first kappa shape index (κ1) is 25.9. The number of hydrogen-bond donors (Lipinski definition) is 0. The maximum Gasteiger partial charge on any atom is 0.305 e. The molecule has 1 unspecified atom stereocenters. The van der Waals surface area contributed by atoms with Crippen LogP contribution in [0, 0.1) is 0 Å². The molecule has 1 aromatic rings. The third kappa shape index (κ3) is 10.6. The van der Waals surface area contributed by atoms with Crippen molar-refractivity contribution in [3.8, 4) is 5.75 Å². The van der Waals surface area contributed by atoms with Gasteiger partial charge in [-0.3, -0.25) is 14.4 Å². The van der Waals surface area contributed by atoms with Gasteiger partial charge in [0, 0.05) is 19.3 Å². The van der Waals surface area contributed by atoms with Crippen LogP contribution in [-0.2, 0) is 25.5 Å². The summed E-state index contributed by atoms with van der Waals surface area (Å²) < 4.78 is 10.4. The molecule has 1 rings (SSSR count). The highest BCUT2D eigenvalue weighted by Gasteiger charge is 2.26. The smallest absolute Gasteiger partial charge is 0.305 e. The monoisotopic (exact) mass is 418 g/mol. The van der Waals surface area contributed by atoms with E-state index in [1.165, 1.54) is 51.2 Å². The molecule has 0 aliphatic carbocycles. The lowest BCUT2D eigenvalue weighted by Gasteiger charge is -2.17. The summed E-state index contributed by atoms with van der Waals surface area (Å²) in [7, 11) is 1.34. The summed E-state index contributed by atoms with van der Waals surface area (Å²) in [6.07, 6.45) is 9.37. The average molecular weight is 419 g/mol. The number of rotatable bonds is 17. The number of unbranched alkanes of at least 4 members (excludes halogenated alkanes) is 6. The van der Waals surface area contributed by atoms with Gasteiger partial charge >= 0.3 is 5.97 Å². The Hall–Kier alpha value is -2.17. The van der Waals surface area contributed by atoms with E-state index in [1.54, 1.807) is 6.92 Å². The summed E-state index contributed by atoms with van der Waals surface area (Å²) in [4.78, 5) is 35.9. The van der Waals surface area contributed by atoms with E-state index in [-0.39, 0.29) is 36.8 Å². The van der Waals surface area contributed by atoms with Gasteiger partial charge in [0.1, 0.15) is 5.75 Å². The van der Waals surface area contributed by atoms with Crippen LogP contribution in [0.4, 0.5) is 0 Å². The van der Waals surface area contributed by atoms with Crippen LogP contribution in [0.15, 0.2) is 24.3 Å². The van der Waals surface area contributed by atoms with E-state index in [0.717, 1.165) is 6.42 Å². The Morgan fingerprint density at radius 2 is 1.43 bits per heavy atom. The Bertz CT molecular complexity index is 635. The van der Waals surface area contributed by atoms with Gasteiger partial charge in [0.15, 0.2) is 11.6 Å². The summed E-state index contributed by atoms with van der Waals surface area (Å²) in [5.74, 6) is -0.204. The predicted octanol–water partition coefficient (Wildman–Crippen LogP) is 5.62. The quantitative estimate of drug-likeness (QED) is 0.187. The molecule has 1 atom stereocenters. The number of ether oxygens (including phenoxy) is 2. The third-order valence-electron chi connectivity index (χ3n) is 5.21. The molecule has 0 N–H and O–H groups in total. The normalized spacial score (nSPS) is 11.7. The molecule has 0 saturated heterocycles. The lowest BCUT2D eigenvalue weighted by molar-refractivity contribution is -0.141. The van der Waals surface area contributed by atoms with Gasteiger partial charge in [0.05, 0.1) is 7.11 Å². The second kappa shape index (κ2) is 15.6. The lowest BCUT2D eigenvalue weighted by Crippen LogP contribution is -2.35.